The van der Waals surface area contributed by atoms with Crippen LogP contribution in [-0.4, -0.2) is 67.9 Å². The summed E-state index contributed by atoms with van der Waals surface area (Å²) in [4.78, 5) is 41.7. The summed E-state index contributed by atoms with van der Waals surface area (Å²) in [6.45, 7) is 4.19. The van der Waals surface area contributed by atoms with E-state index in [1.54, 1.807) is 21.1 Å². The molecule has 168 valence electrons. The van der Waals surface area contributed by atoms with Gasteiger partial charge in [-0.2, -0.15) is 0 Å². The normalized spacial score (nSPS) is 26.6. The summed E-state index contributed by atoms with van der Waals surface area (Å²) in [5.41, 5.74) is 0.508. The number of carbonyl (C=O) groups excluding carboxylic acids is 3. The Labute approximate surface area is 184 Å². The summed E-state index contributed by atoms with van der Waals surface area (Å²) >= 11 is 0. The van der Waals surface area contributed by atoms with Gasteiger partial charge in [-0.05, 0) is 54.7 Å². The van der Waals surface area contributed by atoms with Crippen molar-refractivity contribution in [3.05, 3.63) is 29.8 Å². The van der Waals surface area contributed by atoms with Crippen LogP contribution in [0.4, 0.5) is 0 Å². The topological polar surface area (TPSA) is 79.0 Å². The number of amides is 3. The van der Waals surface area contributed by atoms with Crippen LogP contribution in [0.2, 0.25) is 0 Å². The molecule has 0 unspecified atom stereocenters. The number of nitrogens with one attached hydrogen (secondary N) is 1. The third-order valence-electron chi connectivity index (χ3n) is 8.08. The van der Waals surface area contributed by atoms with Gasteiger partial charge in [-0.1, -0.05) is 12.1 Å². The number of methoxy groups -OCH3 is 1. The molecule has 1 aromatic carbocycles. The second-order valence-corrected chi connectivity index (χ2v) is 9.46. The summed E-state index contributed by atoms with van der Waals surface area (Å²) in [6.07, 6.45) is 3.97. The zero-order valence-corrected chi connectivity index (χ0v) is 18.8. The van der Waals surface area contributed by atoms with Crippen LogP contribution in [0.15, 0.2) is 24.3 Å². The molecule has 2 aliphatic heterocycles. The maximum absolute atomic E-state index is 12.9. The zero-order valence-electron chi connectivity index (χ0n) is 18.8. The van der Waals surface area contributed by atoms with Crippen molar-refractivity contribution in [2.24, 2.45) is 16.7 Å². The fourth-order valence-corrected chi connectivity index (χ4v) is 6.29. The molecule has 0 bridgehead atoms. The second kappa shape index (κ2) is 8.17. The second-order valence-electron chi connectivity index (χ2n) is 9.46. The van der Waals surface area contributed by atoms with Gasteiger partial charge in [0.15, 0.2) is 0 Å². The highest BCUT2D eigenvalue weighted by Crippen LogP contribution is 2.62. The molecule has 2 atom stereocenters. The van der Waals surface area contributed by atoms with E-state index in [0.29, 0.717) is 32.6 Å². The van der Waals surface area contributed by atoms with Crippen LogP contribution in [-0.2, 0) is 20.8 Å². The van der Waals surface area contributed by atoms with Crippen molar-refractivity contribution in [3.63, 3.8) is 0 Å². The number of hydrogen-bond acceptors (Lipinski definition) is 4. The summed E-state index contributed by atoms with van der Waals surface area (Å²) < 4.78 is 5.26. The van der Waals surface area contributed by atoms with Gasteiger partial charge in [0.25, 0.3) is 0 Å². The molecule has 1 N–H and O–H groups in total. The number of ether oxygens (including phenoxy) is 1. The molecule has 7 nitrogen and oxygen atoms in total. The van der Waals surface area contributed by atoms with E-state index in [1.807, 2.05) is 34.1 Å². The van der Waals surface area contributed by atoms with Crippen molar-refractivity contribution in [2.45, 2.75) is 39.0 Å². The first kappa shape index (κ1) is 21.7. The lowest BCUT2D eigenvalue weighted by Crippen LogP contribution is -2.49. The smallest absolute Gasteiger partial charge is 0.228 e. The minimum atomic E-state index is -0.479. The number of benzene rings is 1. The van der Waals surface area contributed by atoms with Gasteiger partial charge in [0.05, 0.1) is 18.9 Å². The van der Waals surface area contributed by atoms with Gasteiger partial charge in [0.1, 0.15) is 5.75 Å². The van der Waals surface area contributed by atoms with Gasteiger partial charge >= 0.3 is 0 Å². The molecular weight excluding hydrogens is 394 g/mol. The monoisotopic (exact) mass is 427 g/mol. The van der Waals surface area contributed by atoms with E-state index in [0.717, 1.165) is 37.0 Å². The van der Waals surface area contributed by atoms with Crippen LogP contribution in [0.3, 0.4) is 0 Å². The van der Waals surface area contributed by atoms with Crippen LogP contribution in [0.1, 0.15) is 38.2 Å². The summed E-state index contributed by atoms with van der Waals surface area (Å²) in [5, 5.41) is 2.86. The molecule has 0 radical (unpaired) electrons. The molecule has 3 amide bonds. The lowest BCUT2D eigenvalue weighted by molar-refractivity contribution is -0.136. The Morgan fingerprint density at radius 2 is 1.87 bits per heavy atom. The Hall–Kier alpha value is -2.57. The minimum absolute atomic E-state index is 0.0312. The average molecular weight is 428 g/mol. The first-order valence-electron chi connectivity index (χ1n) is 11.2. The number of rotatable bonds is 4. The van der Waals surface area contributed by atoms with E-state index in [4.69, 9.17) is 4.74 Å². The number of likely N-dealkylation sites (tertiary alicyclic amines) is 2. The molecule has 4 rings (SSSR count). The van der Waals surface area contributed by atoms with Crippen molar-refractivity contribution in [1.82, 2.24) is 15.1 Å². The average Bonchev–Trinajstić information content (AvgIpc) is 3.31. The predicted molar refractivity (Wildman–Crippen MR) is 116 cm³/mol. The molecule has 31 heavy (non-hydrogen) atoms. The molecular formula is C24H33N3O4. The van der Waals surface area contributed by atoms with Crippen molar-refractivity contribution in [3.8, 4) is 5.75 Å². The van der Waals surface area contributed by atoms with E-state index in [9.17, 15) is 14.4 Å². The van der Waals surface area contributed by atoms with Gasteiger partial charge in [-0.25, -0.2) is 0 Å². The van der Waals surface area contributed by atoms with Gasteiger partial charge in [0, 0.05) is 40.2 Å². The lowest BCUT2D eigenvalue weighted by Gasteiger charge is -2.44. The number of carbonyl (C=O) groups is 3. The van der Waals surface area contributed by atoms with Gasteiger partial charge < -0.3 is 19.9 Å². The zero-order chi connectivity index (χ0) is 22.2. The highest BCUT2D eigenvalue weighted by atomic mass is 16.5. The van der Waals surface area contributed by atoms with Crippen LogP contribution >= 0.6 is 0 Å². The predicted octanol–water partition coefficient (Wildman–Crippen LogP) is 1.85. The third-order valence-corrected chi connectivity index (χ3v) is 8.08. The Morgan fingerprint density at radius 3 is 2.52 bits per heavy atom. The molecule has 2 saturated heterocycles. The van der Waals surface area contributed by atoms with Gasteiger partial charge in [-0.3, -0.25) is 14.4 Å². The maximum atomic E-state index is 12.9. The molecule has 3 aliphatic rings. The molecule has 1 aromatic rings. The Kier molecular flexibility index (Phi) is 5.71. The molecule has 2 heterocycles. The highest BCUT2D eigenvalue weighted by molar-refractivity contribution is 5.86. The maximum Gasteiger partial charge on any atom is 0.228 e. The van der Waals surface area contributed by atoms with Gasteiger partial charge in [-0.15, -0.1) is 0 Å². The first-order chi connectivity index (χ1) is 14.8. The lowest BCUT2D eigenvalue weighted by atomic mass is 9.65. The largest absolute Gasteiger partial charge is 0.497 e. The Morgan fingerprint density at radius 1 is 1.13 bits per heavy atom. The van der Waals surface area contributed by atoms with Gasteiger partial charge in [0.2, 0.25) is 17.7 Å². The summed E-state index contributed by atoms with van der Waals surface area (Å²) in [5.74, 6) is 1.17. The highest BCUT2D eigenvalue weighted by Gasteiger charge is 2.64. The van der Waals surface area contributed by atoms with E-state index in [1.165, 1.54) is 0 Å². The third kappa shape index (κ3) is 3.68. The van der Waals surface area contributed by atoms with E-state index >= 15 is 0 Å². The SMILES string of the molecule is CNC(=O)[C@@]12CCC3(CCN(C(=O)Cc4cccc(OC)c4)CC3)[C@@H]1CN(C(C)=O)C2. The van der Waals surface area contributed by atoms with E-state index in [2.05, 4.69) is 5.32 Å². The van der Waals surface area contributed by atoms with Crippen LogP contribution in [0.25, 0.3) is 0 Å². The molecule has 0 aromatic heterocycles. The number of hydrogen-bond donors (Lipinski definition) is 1. The molecule has 1 aliphatic carbocycles. The Bertz CT molecular complexity index is 877. The van der Waals surface area contributed by atoms with Crippen molar-refractivity contribution in [2.75, 3.05) is 40.3 Å². The van der Waals surface area contributed by atoms with Crippen molar-refractivity contribution in [1.29, 1.82) is 0 Å². The van der Waals surface area contributed by atoms with E-state index in [-0.39, 0.29) is 29.1 Å². The fraction of sp³-hybridized carbons (Fsp3) is 0.625. The fourth-order valence-electron chi connectivity index (χ4n) is 6.29. The molecule has 3 fully saturated rings. The van der Waals surface area contributed by atoms with Crippen LogP contribution < -0.4 is 10.1 Å². The minimum Gasteiger partial charge on any atom is -0.497 e. The molecule has 1 saturated carbocycles. The summed E-state index contributed by atoms with van der Waals surface area (Å²) in [7, 11) is 3.32. The van der Waals surface area contributed by atoms with E-state index < -0.39 is 5.41 Å². The number of fused-ring (bicyclic) bond motifs is 2. The van der Waals surface area contributed by atoms with Crippen molar-refractivity contribution < 1.29 is 19.1 Å². The van der Waals surface area contributed by atoms with Crippen LogP contribution in [0.5, 0.6) is 5.75 Å². The Balaban J connectivity index is 1.45. The van der Waals surface area contributed by atoms with Crippen LogP contribution in [0, 0.1) is 16.7 Å². The standard InChI is InChI=1S/C24H33N3O4/c1-17(28)27-15-20-23(7-8-24(20,16-27)22(30)25-2)9-11-26(12-10-23)21(29)14-18-5-4-6-19(13-18)31-3/h4-6,13,20H,7-12,14-16H2,1-3H3,(H,25,30)/t20-,24+/m0/s1. The number of nitrogens with zero attached hydrogens (tertiary/aromatic N) is 2. The number of piperidine rings is 1. The molecule has 1 spiro atoms. The summed E-state index contributed by atoms with van der Waals surface area (Å²) in [6, 6.07) is 7.65. The van der Waals surface area contributed by atoms with Crippen molar-refractivity contribution >= 4 is 17.7 Å². The molecule has 7 heteroatoms. The first-order valence-corrected chi connectivity index (χ1v) is 11.2. The quantitative estimate of drug-likeness (QED) is 0.796.